The fraction of sp³-hybridized carbons (Fsp3) is 0.517. The Balaban J connectivity index is 1.97. The number of amides is 1. The van der Waals surface area contributed by atoms with Crippen LogP contribution in [0.1, 0.15) is 73.4 Å². The molecule has 3 N–H and O–H groups in total. The number of hydrogen-bond donors (Lipinski definition) is 3. The summed E-state index contributed by atoms with van der Waals surface area (Å²) in [6.45, 7) is 6.29. The third kappa shape index (κ3) is 5.81. The van der Waals surface area contributed by atoms with Crippen LogP contribution in [-0.4, -0.2) is 57.1 Å². The Morgan fingerprint density at radius 1 is 1.17 bits per heavy atom. The molecule has 1 fully saturated rings. The minimum Gasteiger partial charge on any atom is -0.496 e. The summed E-state index contributed by atoms with van der Waals surface area (Å²) >= 11 is 1.02. The zero-order chi connectivity index (χ0) is 30.1. The Kier molecular flexibility index (Phi) is 9.05. The lowest BCUT2D eigenvalue weighted by Crippen LogP contribution is -2.52. The van der Waals surface area contributed by atoms with Gasteiger partial charge < -0.3 is 25.0 Å². The monoisotopic (exact) mass is 587 g/mol. The average molecular weight is 588 g/mol. The van der Waals surface area contributed by atoms with Crippen molar-refractivity contribution in [3.63, 3.8) is 0 Å². The van der Waals surface area contributed by atoms with E-state index in [0.29, 0.717) is 49.1 Å². The first kappa shape index (κ1) is 30.5. The second kappa shape index (κ2) is 12.2. The Bertz CT molecular complexity index is 1560. The zero-order valence-electron chi connectivity index (χ0n) is 23.9. The van der Waals surface area contributed by atoms with Gasteiger partial charge in [-0.3, -0.25) is 14.2 Å². The number of carbonyl (C=O) groups excluding carboxylic acids is 1. The van der Waals surface area contributed by atoms with Gasteiger partial charge in [-0.1, -0.05) is 18.2 Å². The molecule has 2 heterocycles. The minimum atomic E-state index is -1.87. The summed E-state index contributed by atoms with van der Waals surface area (Å²) in [6.07, 6.45) is 1.13. The highest BCUT2D eigenvalue weighted by molar-refractivity contribution is 7.20. The van der Waals surface area contributed by atoms with Crippen molar-refractivity contribution >= 4 is 33.4 Å². The van der Waals surface area contributed by atoms with E-state index in [2.05, 4.69) is 5.32 Å². The van der Waals surface area contributed by atoms with E-state index in [4.69, 9.17) is 9.47 Å². The smallest absolute Gasteiger partial charge is 0.333 e. The highest BCUT2D eigenvalue weighted by Gasteiger charge is 2.36. The van der Waals surface area contributed by atoms with E-state index in [0.717, 1.165) is 15.9 Å². The SMILES string of the molecule is CCNC(=O)c1sc2c(c1C)c(=O)n(C(C)(C)C(=O)O)c(=O)n2C[C@H](OC1CCC(O)CC1)c1ccccc1OC. The number of aryl methyl sites for hydroxylation is 1. The maximum atomic E-state index is 14.1. The number of aliphatic carboxylic acids is 1. The standard InChI is InChI=1S/C29H37N3O8S/c1-6-30-24(34)23-16(2)22-25(35)32(29(3,4)27(36)37)28(38)31(26(22)41-23)15-21(19-9-7-8-10-20(19)39-5)40-18-13-11-17(33)12-14-18/h7-10,17-18,21,33H,6,11-15H2,1-5H3,(H,30,34)(H,36,37)/t17?,18?,21-/m0/s1. The van der Waals surface area contributed by atoms with Gasteiger partial charge >= 0.3 is 11.7 Å². The molecule has 0 spiro atoms. The molecule has 0 saturated heterocycles. The minimum absolute atomic E-state index is 0.0699. The number of para-hydroxylation sites is 1. The van der Waals surface area contributed by atoms with Gasteiger partial charge in [0.1, 0.15) is 22.2 Å². The van der Waals surface area contributed by atoms with E-state index in [-0.39, 0.29) is 39.8 Å². The van der Waals surface area contributed by atoms with Crippen LogP contribution in [0, 0.1) is 6.92 Å². The van der Waals surface area contributed by atoms with Crippen LogP contribution in [0.15, 0.2) is 33.9 Å². The second-order valence-corrected chi connectivity index (χ2v) is 11.8. The number of thiophene rings is 1. The van der Waals surface area contributed by atoms with Crippen LogP contribution in [0.2, 0.25) is 0 Å². The zero-order valence-corrected chi connectivity index (χ0v) is 24.7. The van der Waals surface area contributed by atoms with Crippen molar-refractivity contribution in [3.8, 4) is 5.75 Å². The summed E-state index contributed by atoms with van der Waals surface area (Å²) in [7, 11) is 1.54. The number of carboxylic acid groups (broad SMARTS) is 1. The van der Waals surface area contributed by atoms with E-state index >= 15 is 0 Å². The van der Waals surface area contributed by atoms with Crippen molar-refractivity contribution in [2.24, 2.45) is 0 Å². The number of fused-ring (bicyclic) bond motifs is 1. The van der Waals surface area contributed by atoms with Crippen molar-refractivity contribution in [1.29, 1.82) is 0 Å². The van der Waals surface area contributed by atoms with Gasteiger partial charge in [-0.25, -0.2) is 14.2 Å². The molecule has 1 atom stereocenters. The van der Waals surface area contributed by atoms with Crippen LogP contribution in [0.25, 0.3) is 10.2 Å². The van der Waals surface area contributed by atoms with Gasteiger partial charge in [0.15, 0.2) is 0 Å². The summed E-state index contributed by atoms with van der Waals surface area (Å²) in [5.41, 5.74) is -2.41. The van der Waals surface area contributed by atoms with Crippen LogP contribution in [0.4, 0.5) is 0 Å². The van der Waals surface area contributed by atoms with Crippen molar-refractivity contribution in [2.75, 3.05) is 13.7 Å². The van der Waals surface area contributed by atoms with Crippen LogP contribution in [-0.2, 0) is 21.6 Å². The third-order valence-electron chi connectivity index (χ3n) is 7.67. The van der Waals surface area contributed by atoms with Crippen molar-refractivity contribution < 1.29 is 29.3 Å². The van der Waals surface area contributed by atoms with Gasteiger partial charge in [-0.2, -0.15) is 0 Å². The Labute approximate surface area is 241 Å². The number of aliphatic hydroxyl groups excluding tert-OH is 1. The molecular weight excluding hydrogens is 550 g/mol. The molecule has 1 aliphatic rings. The lowest BCUT2D eigenvalue weighted by atomic mass is 9.94. The van der Waals surface area contributed by atoms with Gasteiger partial charge in [0.25, 0.3) is 11.5 Å². The molecule has 0 bridgehead atoms. The molecule has 41 heavy (non-hydrogen) atoms. The van der Waals surface area contributed by atoms with E-state index in [1.54, 1.807) is 19.9 Å². The summed E-state index contributed by atoms with van der Waals surface area (Å²) in [5, 5.41) is 22.8. The number of aromatic nitrogens is 2. The van der Waals surface area contributed by atoms with E-state index in [1.165, 1.54) is 25.5 Å². The van der Waals surface area contributed by atoms with Gasteiger partial charge in [-0.05, 0) is 65.0 Å². The highest BCUT2D eigenvalue weighted by Crippen LogP contribution is 2.35. The number of ether oxygens (including phenoxy) is 2. The molecule has 11 nitrogen and oxygen atoms in total. The molecule has 0 aliphatic heterocycles. The first-order valence-corrected chi connectivity index (χ1v) is 14.5. The average Bonchev–Trinajstić information content (AvgIpc) is 3.28. The van der Waals surface area contributed by atoms with Gasteiger partial charge in [0, 0.05) is 12.1 Å². The molecule has 3 aromatic rings. The van der Waals surface area contributed by atoms with E-state index in [1.807, 2.05) is 18.2 Å². The highest BCUT2D eigenvalue weighted by atomic mass is 32.1. The number of rotatable bonds is 10. The first-order valence-electron chi connectivity index (χ1n) is 13.7. The first-order chi connectivity index (χ1) is 19.4. The van der Waals surface area contributed by atoms with Crippen LogP contribution < -0.4 is 21.3 Å². The Morgan fingerprint density at radius 3 is 2.44 bits per heavy atom. The fourth-order valence-corrected chi connectivity index (χ4v) is 6.50. The normalized spacial score (nSPS) is 18.3. The summed E-state index contributed by atoms with van der Waals surface area (Å²) in [5.74, 6) is -1.19. The molecule has 12 heteroatoms. The molecule has 1 aliphatic carbocycles. The van der Waals surface area contributed by atoms with Crippen molar-refractivity contribution in [2.45, 2.75) is 83.8 Å². The number of benzene rings is 1. The van der Waals surface area contributed by atoms with E-state index in [9.17, 15) is 29.4 Å². The number of hydrogen-bond acceptors (Lipinski definition) is 8. The predicted octanol–water partition coefficient (Wildman–Crippen LogP) is 3.17. The number of nitrogens with one attached hydrogen (secondary N) is 1. The molecule has 222 valence electrons. The van der Waals surface area contributed by atoms with Crippen LogP contribution in [0.5, 0.6) is 5.75 Å². The maximum absolute atomic E-state index is 14.1. The Hall–Kier alpha value is -3.48. The van der Waals surface area contributed by atoms with Crippen LogP contribution in [0.3, 0.4) is 0 Å². The molecule has 4 rings (SSSR count). The molecule has 1 aromatic carbocycles. The number of methoxy groups -OCH3 is 1. The van der Waals surface area contributed by atoms with Gasteiger partial charge in [-0.15, -0.1) is 11.3 Å². The van der Waals surface area contributed by atoms with Crippen molar-refractivity contribution in [1.82, 2.24) is 14.5 Å². The summed E-state index contributed by atoms with van der Waals surface area (Å²) in [4.78, 5) is 53.5. The number of carbonyl (C=O) groups is 2. The van der Waals surface area contributed by atoms with Crippen LogP contribution >= 0.6 is 11.3 Å². The molecule has 2 aromatic heterocycles. The van der Waals surface area contributed by atoms with Gasteiger partial charge in [0.2, 0.25) is 0 Å². The Morgan fingerprint density at radius 2 is 1.83 bits per heavy atom. The number of aliphatic hydroxyl groups is 1. The second-order valence-electron chi connectivity index (χ2n) is 10.8. The maximum Gasteiger partial charge on any atom is 0.333 e. The fourth-order valence-electron chi connectivity index (χ4n) is 5.28. The lowest BCUT2D eigenvalue weighted by molar-refractivity contribution is -0.146. The number of nitrogens with zero attached hydrogens (tertiary/aromatic N) is 2. The quantitative estimate of drug-likeness (QED) is 0.328. The lowest BCUT2D eigenvalue weighted by Gasteiger charge is -2.31. The topological polar surface area (TPSA) is 149 Å². The predicted molar refractivity (Wildman–Crippen MR) is 155 cm³/mol. The summed E-state index contributed by atoms with van der Waals surface area (Å²) in [6, 6.07) is 7.26. The summed E-state index contributed by atoms with van der Waals surface area (Å²) < 4.78 is 14.3. The van der Waals surface area contributed by atoms with Gasteiger partial charge in [0.05, 0.1) is 36.1 Å². The molecule has 0 unspecified atom stereocenters. The molecule has 1 saturated carbocycles. The third-order valence-corrected chi connectivity index (χ3v) is 8.99. The van der Waals surface area contributed by atoms with Crippen molar-refractivity contribution in [3.05, 3.63) is 61.1 Å². The number of carboxylic acids is 1. The molecule has 1 amide bonds. The van der Waals surface area contributed by atoms with E-state index < -0.39 is 28.9 Å². The molecular formula is C29H37N3O8S. The largest absolute Gasteiger partial charge is 0.496 e. The molecule has 0 radical (unpaired) electrons.